The summed E-state index contributed by atoms with van der Waals surface area (Å²) in [6.07, 6.45) is -4.30. The van der Waals surface area contributed by atoms with Crippen molar-refractivity contribution in [2.45, 2.75) is 11.0 Å². The highest BCUT2D eigenvalue weighted by atomic mass is 79.9. The summed E-state index contributed by atoms with van der Waals surface area (Å²) in [7, 11) is 0. The predicted octanol–water partition coefficient (Wildman–Crippen LogP) is 6.78. The van der Waals surface area contributed by atoms with Crippen molar-refractivity contribution in [3.8, 4) is 0 Å². The molecule has 0 aliphatic rings. The molecule has 1 atom stereocenters. The number of thiophene rings is 1. The molecule has 0 fully saturated rings. The van der Waals surface area contributed by atoms with Crippen LogP contribution in [0.2, 0.25) is 0 Å². The van der Waals surface area contributed by atoms with Crippen molar-refractivity contribution in [2.24, 2.45) is 0 Å². The molecule has 0 radical (unpaired) electrons. The molecule has 1 aromatic carbocycles. The molecule has 0 saturated carbocycles. The van der Waals surface area contributed by atoms with Gasteiger partial charge in [-0.2, -0.15) is 13.2 Å². The van der Waals surface area contributed by atoms with Crippen molar-refractivity contribution < 1.29 is 13.2 Å². The van der Waals surface area contributed by atoms with Gasteiger partial charge in [0.15, 0.2) is 0 Å². The smallest absolute Gasteiger partial charge is 0.166 e. The first-order valence-electron chi connectivity index (χ1n) is 5.05. The van der Waals surface area contributed by atoms with E-state index >= 15 is 0 Å². The summed E-state index contributed by atoms with van der Waals surface area (Å²) in [6.45, 7) is 0. The summed E-state index contributed by atoms with van der Waals surface area (Å²) in [5, 5.41) is 0. The Balaban J connectivity index is 2.30. The third-order valence-corrected chi connectivity index (χ3v) is 5.89. The van der Waals surface area contributed by atoms with Gasteiger partial charge in [-0.05, 0) is 61.2 Å². The lowest BCUT2D eigenvalue weighted by Gasteiger charge is -2.11. The van der Waals surface area contributed by atoms with E-state index in [0.29, 0.717) is 0 Å². The average Bonchev–Trinajstić information content (AvgIpc) is 2.66. The summed E-state index contributed by atoms with van der Waals surface area (Å²) in [6, 6.07) is 7.10. The van der Waals surface area contributed by atoms with Crippen LogP contribution in [0.15, 0.2) is 37.9 Å². The highest BCUT2D eigenvalue weighted by molar-refractivity contribution is 9.12. The maximum absolute atomic E-state index is 12.5. The minimum Gasteiger partial charge on any atom is -0.166 e. The molecule has 1 aromatic heterocycles. The van der Waals surface area contributed by atoms with E-state index in [0.717, 1.165) is 30.8 Å². The van der Waals surface area contributed by atoms with E-state index in [2.05, 4.69) is 47.8 Å². The summed E-state index contributed by atoms with van der Waals surface area (Å²) in [4.78, 5) is -0.147. The second-order valence-electron chi connectivity index (χ2n) is 3.76. The maximum atomic E-state index is 12.5. The molecule has 0 aliphatic carbocycles. The first-order chi connectivity index (χ1) is 8.79. The standard InChI is InChI=1S/C12H6Br3F3S/c13-9-5-8(11(15)19-9)10(14)6-1-3-7(4-2-6)12(16,17)18/h1-5,10H. The third kappa shape index (κ3) is 3.62. The average molecular weight is 479 g/mol. The van der Waals surface area contributed by atoms with Gasteiger partial charge >= 0.3 is 6.18 Å². The lowest BCUT2D eigenvalue weighted by Crippen LogP contribution is -2.04. The lowest BCUT2D eigenvalue weighted by molar-refractivity contribution is -0.137. The first kappa shape index (κ1) is 15.5. The molecule has 102 valence electrons. The zero-order chi connectivity index (χ0) is 14.2. The molecule has 0 N–H and O–H groups in total. The first-order valence-corrected chi connectivity index (χ1v) is 8.37. The number of halogens is 6. The molecule has 0 spiro atoms. The quantitative estimate of drug-likeness (QED) is 0.417. The van der Waals surface area contributed by atoms with Gasteiger partial charge in [-0.3, -0.25) is 0 Å². The van der Waals surface area contributed by atoms with Crippen LogP contribution >= 0.6 is 59.1 Å². The van der Waals surface area contributed by atoms with Gasteiger partial charge in [-0.1, -0.05) is 28.1 Å². The molecule has 1 unspecified atom stereocenters. The van der Waals surface area contributed by atoms with Crippen LogP contribution in [0.5, 0.6) is 0 Å². The van der Waals surface area contributed by atoms with Gasteiger partial charge in [-0.25, -0.2) is 0 Å². The van der Waals surface area contributed by atoms with E-state index in [4.69, 9.17) is 0 Å². The van der Waals surface area contributed by atoms with Crippen LogP contribution in [0.1, 0.15) is 21.5 Å². The normalized spacial score (nSPS) is 13.6. The molecule has 2 aromatic rings. The number of alkyl halides is 4. The second kappa shape index (κ2) is 5.87. The van der Waals surface area contributed by atoms with Gasteiger partial charge in [0, 0.05) is 0 Å². The highest BCUT2D eigenvalue weighted by Gasteiger charge is 2.30. The van der Waals surface area contributed by atoms with Gasteiger partial charge in [0.2, 0.25) is 0 Å². The van der Waals surface area contributed by atoms with Crippen molar-refractivity contribution in [3.63, 3.8) is 0 Å². The second-order valence-corrected chi connectivity index (χ2v) is 8.43. The molecule has 2 rings (SSSR count). The molecular formula is C12H6Br3F3S. The van der Waals surface area contributed by atoms with Gasteiger partial charge in [0.1, 0.15) is 0 Å². The van der Waals surface area contributed by atoms with Crippen LogP contribution < -0.4 is 0 Å². The van der Waals surface area contributed by atoms with E-state index < -0.39 is 11.7 Å². The van der Waals surface area contributed by atoms with Crippen molar-refractivity contribution in [2.75, 3.05) is 0 Å². The van der Waals surface area contributed by atoms with Crippen LogP contribution in [-0.2, 0) is 6.18 Å². The van der Waals surface area contributed by atoms with E-state index in [1.54, 1.807) is 0 Å². The van der Waals surface area contributed by atoms with Gasteiger partial charge < -0.3 is 0 Å². The lowest BCUT2D eigenvalue weighted by atomic mass is 10.1. The Morgan fingerprint density at radius 2 is 1.63 bits per heavy atom. The largest absolute Gasteiger partial charge is 0.416 e. The fourth-order valence-corrected chi connectivity index (χ4v) is 5.57. The summed E-state index contributed by atoms with van der Waals surface area (Å²) in [5.74, 6) is 0. The zero-order valence-corrected chi connectivity index (χ0v) is 14.7. The van der Waals surface area contributed by atoms with Crippen molar-refractivity contribution in [1.82, 2.24) is 0 Å². The van der Waals surface area contributed by atoms with E-state index in [1.165, 1.54) is 23.5 Å². The summed E-state index contributed by atoms with van der Waals surface area (Å²) >= 11 is 11.9. The van der Waals surface area contributed by atoms with Crippen LogP contribution in [0, 0.1) is 0 Å². The number of hydrogen-bond donors (Lipinski definition) is 0. The fraction of sp³-hybridized carbons (Fsp3) is 0.167. The Labute approximate surface area is 137 Å². The number of hydrogen-bond acceptors (Lipinski definition) is 1. The topological polar surface area (TPSA) is 0 Å². The van der Waals surface area contributed by atoms with Crippen LogP contribution in [0.4, 0.5) is 13.2 Å². The molecule has 1 heterocycles. The molecule has 19 heavy (non-hydrogen) atoms. The molecule has 0 nitrogen and oxygen atoms in total. The minimum atomic E-state index is -4.30. The SMILES string of the molecule is FC(F)(F)c1ccc(C(Br)c2cc(Br)sc2Br)cc1. The Bertz CT molecular complexity index is 575. The van der Waals surface area contributed by atoms with Gasteiger partial charge in [0.25, 0.3) is 0 Å². The monoisotopic (exact) mass is 476 g/mol. The Kier molecular flexibility index (Phi) is 4.80. The van der Waals surface area contributed by atoms with Crippen molar-refractivity contribution in [1.29, 1.82) is 0 Å². The Hall–Kier alpha value is 0.150. The Morgan fingerprint density at radius 3 is 2.05 bits per heavy atom. The van der Waals surface area contributed by atoms with E-state index in [1.807, 2.05) is 6.07 Å². The molecule has 0 amide bonds. The predicted molar refractivity (Wildman–Crippen MR) is 81.9 cm³/mol. The minimum absolute atomic E-state index is 0.147. The van der Waals surface area contributed by atoms with Gasteiger partial charge in [0.05, 0.1) is 18.0 Å². The van der Waals surface area contributed by atoms with Crippen molar-refractivity contribution >= 4 is 59.1 Å². The molecule has 0 bridgehead atoms. The summed E-state index contributed by atoms with van der Waals surface area (Å²) < 4.78 is 39.4. The van der Waals surface area contributed by atoms with Crippen LogP contribution in [0.25, 0.3) is 0 Å². The molecule has 7 heteroatoms. The fourth-order valence-electron chi connectivity index (χ4n) is 1.55. The van der Waals surface area contributed by atoms with E-state index in [-0.39, 0.29) is 4.83 Å². The van der Waals surface area contributed by atoms with Gasteiger partial charge in [-0.15, -0.1) is 11.3 Å². The summed E-state index contributed by atoms with van der Waals surface area (Å²) in [5.41, 5.74) is 1.12. The molecular weight excluding hydrogens is 473 g/mol. The Morgan fingerprint density at radius 1 is 1.05 bits per heavy atom. The number of benzene rings is 1. The zero-order valence-electron chi connectivity index (χ0n) is 9.14. The van der Waals surface area contributed by atoms with E-state index in [9.17, 15) is 13.2 Å². The van der Waals surface area contributed by atoms with Crippen LogP contribution in [0.3, 0.4) is 0 Å². The number of rotatable bonds is 2. The molecule has 0 aliphatic heterocycles. The maximum Gasteiger partial charge on any atom is 0.416 e. The van der Waals surface area contributed by atoms with Crippen LogP contribution in [-0.4, -0.2) is 0 Å². The molecule has 0 saturated heterocycles. The third-order valence-electron chi connectivity index (χ3n) is 2.49. The van der Waals surface area contributed by atoms with Crippen molar-refractivity contribution in [3.05, 3.63) is 54.6 Å². The highest BCUT2D eigenvalue weighted by Crippen LogP contribution is 2.42.